The molecule has 0 aliphatic carbocycles. The first kappa shape index (κ1) is 16.3. The van der Waals surface area contributed by atoms with Crippen molar-refractivity contribution in [3.63, 3.8) is 0 Å². The van der Waals surface area contributed by atoms with Crippen LogP contribution in [-0.4, -0.2) is 44.6 Å². The number of carbonyl (C=O) groups is 1. The summed E-state index contributed by atoms with van der Waals surface area (Å²) in [6.07, 6.45) is 5.49. The topological polar surface area (TPSA) is 57.9 Å². The van der Waals surface area contributed by atoms with Gasteiger partial charge in [0, 0.05) is 26.3 Å². The van der Waals surface area contributed by atoms with E-state index in [1.54, 1.807) is 25.4 Å². The second kappa shape index (κ2) is 6.27. The number of hydrogen-bond donors (Lipinski definition) is 0. The van der Waals surface area contributed by atoms with Gasteiger partial charge in [0.2, 0.25) is 0 Å². The van der Waals surface area contributed by atoms with E-state index >= 15 is 0 Å². The lowest BCUT2D eigenvalue weighted by atomic mass is 10.2. The van der Waals surface area contributed by atoms with Gasteiger partial charge in [-0.25, -0.2) is 4.98 Å². The van der Waals surface area contributed by atoms with Crippen molar-refractivity contribution in [3.8, 4) is 0 Å². The molecule has 128 valence electrons. The SMILES string of the molecule is CN1C(=O)/C(=C/c2c(N3CCCC3)nc3ccccn3c2=O)SC1=S. The zero-order chi connectivity index (χ0) is 17.6. The van der Waals surface area contributed by atoms with E-state index in [1.165, 1.54) is 21.1 Å². The average molecular weight is 372 g/mol. The highest BCUT2D eigenvalue weighted by Gasteiger charge is 2.30. The molecule has 2 saturated heterocycles. The molecule has 2 aliphatic heterocycles. The maximum Gasteiger partial charge on any atom is 0.267 e. The molecule has 25 heavy (non-hydrogen) atoms. The first-order valence-electron chi connectivity index (χ1n) is 8.04. The number of hydrogen-bond acceptors (Lipinski definition) is 6. The fourth-order valence-corrected chi connectivity index (χ4v) is 4.23. The van der Waals surface area contributed by atoms with Gasteiger partial charge in [0.05, 0.1) is 10.5 Å². The summed E-state index contributed by atoms with van der Waals surface area (Å²) in [5, 5.41) is 0. The van der Waals surface area contributed by atoms with Gasteiger partial charge >= 0.3 is 0 Å². The third kappa shape index (κ3) is 2.75. The van der Waals surface area contributed by atoms with Crippen molar-refractivity contribution in [1.29, 1.82) is 0 Å². The van der Waals surface area contributed by atoms with Crippen molar-refractivity contribution >= 4 is 51.7 Å². The molecular weight excluding hydrogens is 356 g/mol. The van der Waals surface area contributed by atoms with E-state index in [1.807, 2.05) is 12.1 Å². The summed E-state index contributed by atoms with van der Waals surface area (Å²) < 4.78 is 2.01. The van der Waals surface area contributed by atoms with Gasteiger partial charge in [-0.2, -0.15) is 0 Å². The molecule has 2 aliphatic rings. The van der Waals surface area contributed by atoms with Gasteiger partial charge in [-0.05, 0) is 31.1 Å². The van der Waals surface area contributed by atoms with Crippen molar-refractivity contribution in [2.75, 3.05) is 25.0 Å². The first-order valence-corrected chi connectivity index (χ1v) is 9.26. The Hall–Kier alpha value is -2.19. The molecule has 4 heterocycles. The van der Waals surface area contributed by atoms with Gasteiger partial charge in [-0.1, -0.05) is 30.0 Å². The van der Waals surface area contributed by atoms with Crippen LogP contribution in [0.5, 0.6) is 0 Å². The van der Waals surface area contributed by atoms with Crippen LogP contribution in [0, 0.1) is 0 Å². The molecule has 0 saturated carbocycles. The summed E-state index contributed by atoms with van der Waals surface area (Å²) in [5.74, 6) is 0.468. The third-order valence-electron chi connectivity index (χ3n) is 4.42. The largest absolute Gasteiger partial charge is 0.356 e. The Morgan fingerprint density at radius 3 is 2.68 bits per heavy atom. The van der Waals surface area contributed by atoms with Crippen LogP contribution in [-0.2, 0) is 4.79 Å². The van der Waals surface area contributed by atoms with Crippen LogP contribution in [0.2, 0.25) is 0 Å². The highest BCUT2D eigenvalue weighted by Crippen LogP contribution is 2.32. The predicted molar refractivity (Wildman–Crippen MR) is 104 cm³/mol. The van der Waals surface area contributed by atoms with Gasteiger partial charge in [0.25, 0.3) is 11.5 Å². The van der Waals surface area contributed by atoms with Crippen molar-refractivity contribution in [1.82, 2.24) is 14.3 Å². The smallest absolute Gasteiger partial charge is 0.267 e. The fourth-order valence-electron chi connectivity index (χ4n) is 3.06. The minimum absolute atomic E-state index is 0.172. The number of aromatic nitrogens is 2. The number of pyridine rings is 1. The van der Waals surface area contributed by atoms with Crippen LogP contribution in [0.3, 0.4) is 0 Å². The number of fused-ring (bicyclic) bond motifs is 1. The molecular formula is C17H16N4O2S2. The lowest BCUT2D eigenvalue weighted by molar-refractivity contribution is -0.121. The van der Waals surface area contributed by atoms with E-state index in [2.05, 4.69) is 4.90 Å². The lowest BCUT2D eigenvalue weighted by Crippen LogP contribution is -2.27. The minimum atomic E-state index is -0.181. The van der Waals surface area contributed by atoms with Crippen LogP contribution in [0.4, 0.5) is 5.82 Å². The molecule has 0 unspecified atom stereocenters. The average Bonchev–Trinajstić information content (AvgIpc) is 3.23. The number of likely N-dealkylation sites (N-methyl/N-ethyl adjacent to an activating group) is 1. The number of carbonyl (C=O) groups excluding carboxylic acids is 1. The number of rotatable bonds is 2. The van der Waals surface area contributed by atoms with Gasteiger partial charge in [-0.15, -0.1) is 0 Å². The number of thiocarbonyl (C=S) groups is 1. The van der Waals surface area contributed by atoms with Crippen molar-refractivity contribution < 1.29 is 4.79 Å². The molecule has 4 rings (SSSR count). The normalized spacial score (nSPS) is 19.6. The Morgan fingerprint density at radius 2 is 2.00 bits per heavy atom. The summed E-state index contributed by atoms with van der Waals surface area (Å²) in [6, 6.07) is 5.47. The summed E-state index contributed by atoms with van der Waals surface area (Å²) >= 11 is 6.40. The summed E-state index contributed by atoms with van der Waals surface area (Å²) in [5.41, 5.74) is 0.878. The Labute approximate surface area is 154 Å². The van der Waals surface area contributed by atoms with E-state index in [9.17, 15) is 9.59 Å². The quantitative estimate of drug-likeness (QED) is 0.595. The Morgan fingerprint density at radius 1 is 1.24 bits per heavy atom. The standard InChI is InChI=1S/C17H16N4O2S2/c1-19-16(23)12(25-17(19)24)10-11-14(20-7-4-5-8-20)18-13-6-2-3-9-21(13)15(11)22/h2-3,6,9-10H,4-5,7-8H2,1H3/b12-10-. The monoisotopic (exact) mass is 372 g/mol. The molecule has 8 heteroatoms. The van der Waals surface area contributed by atoms with Gasteiger partial charge in [-0.3, -0.25) is 18.9 Å². The fraction of sp³-hybridized carbons (Fsp3) is 0.294. The second-order valence-corrected chi connectivity index (χ2v) is 7.69. The number of thioether (sulfide) groups is 1. The Bertz CT molecular complexity index is 976. The first-order chi connectivity index (χ1) is 12.1. The van der Waals surface area contributed by atoms with Crippen LogP contribution >= 0.6 is 24.0 Å². The van der Waals surface area contributed by atoms with E-state index in [-0.39, 0.29) is 11.5 Å². The van der Waals surface area contributed by atoms with Crippen molar-refractivity contribution in [2.45, 2.75) is 12.8 Å². The number of anilines is 1. The Kier molecular flexibility index (Phi) is 4.09. The maximum atomic E-state index is 13.0. The van der Waals surface area contributed by atoms with Gasteiger partial charge < -0.3 is 4.90 Å². The van der Waals surface area contributed by atoms with Gasteiger partial charge in [0.1, 0.15) is 15.8 Å². The summed E-state index contributed by atoms with van der Waals surface area (Å²) in [4.78, 5) is 34.1. The predicted octanol–water partition coefficient (Wildman–Crippen LogP) is 2.13. The van der Waals surface area contributed by atoms with Crippen molar-refractivity contribution in [3.05, 3.63) is 45.2 Å². The zero-order valence-electron chi connectivity index (χ0n) is 13.6. The lowest BCUT2D eigenvalue weighted by Gasteiger charge is -2.19. The molecule has 2 aromatic heterocycles. The molecule has 2 fully saturated rings. The second-order valence-electron chi connectivity index (χ2n) is 6.02. The maximum absolute atomic E-state index is 13.0. The molecule has 2 aromatic rings. The zero-order valence-corrected chi connectivity index (χ0v) is 15.3. The minimum Gasteiger partial charge on any atom is -0.356 e. The third-order valence-corrected chi connectivity index (χ3v) is 5.90. The van der Waals surface area contributed by atoms with E-state index in [0.717, 1.165) is 25.9 Å². The van der Waals surface area contributed by atoms with Gasteiger partial charge in [0.15, 0.2) is 0 Å². The summed E-state index contributed by atoms with van der Waals surface area (Å²) in [6.45, 7) is 1.73. The van der Waals surface area contributed by atoms with E-state index < -0.39 is 0 Å². The molecule has 0 bridgehead atoms. The molecule has 0 aromatic carbocycles. The molecule has 6 nitrogen and oxygen atoms in total. The van der Waals surface area contributed by atoms with Crippen LogP contribution < -0.4 is 10.5 Å². The molecule has 0 atom stereocenters. The van der Waals surface area contributed by atoms with E-state index in [0.29, 0.717) is 26.3 Å². The van der Waals surface area contributed by atoms with Crippen LogP contribution in [0.15, 0.2) is 34.1 Å². The summed E-state index contributed by atoms with van der Waals surface area (Å²) in [7, 11) is 1.64. The molecule has 0 spiro atoms. The Balaban J connectivity index is 1.93. The molecule has 1 amide bonds. The molecule has 0 radical (unpaired) electrons. The highest BCUT2D eigenvalue weighted by molar-refractivity contribution is 8.26. The highest BCUT2D eigenvalue weighted by atomic mass is 32.2. The number of amides is 1. The number of nitrogens with zero attached hydrogens (tertiary/aromatic N) is 4. The van der Waals surface area contributed by atoms with Crippen molar-refractivity contribution in [2.24, 2.45) is 0 Å². The van der Waals surface area contributed by atoms with Crippen LogP contribution in [0.1, 0.15) is 18.4 Å². The van der Waals surface area contributed by atoms with E-state index in [4.69, 9.17) is 17.2 Å². The van der Waals surface area contributed by atoms with Crippen LogP contribution in [0.25, 0.3) is 11.7 Å². The molecule has 0 N–H and O–H groups in total.